The lowest BCUT2D eigenvalue weighted by Crippen LogP contribution is -2.42. The molecule has 1 unspecified atom stereocenters. The molecule has 1 N–H and O–H groups in total. The molecule has 0 aliphatic rings. The first-order valence-corrected chi connectivity index (χ1v) is 7.93. The molecule has 19 heavy (non-hydrogen) atoms. The van der Waals surface area contributed by atoms with Crippen molar-refractivity contribution < 1.29 is 17.9 Å². The predicted molar refractivity (Wildman–Crippen MR) is 76.5 cm³/mol. The fourth-order valence-corrected chi connectivity index (χ4v) is 3.22. The summed E-state index contributed by atoms with van der Waals surface area (Å²) in [4.78, 5) is 0.214. The van der Waals surface area contributed by atoms with Crippen molar-refractivity contribution in [3.8, 4) is 0 Å². The van der Waals surface area contributed by atoms with Gasteiger partial charge in [-0.3, -0.25) is 0 Å². The lowest BCUT2D eigenvalue weighted by atomic mass is 10.2. The molecule has 0 radical (unpaired) electrons. The van der Waals surface area contributed by atoms with Crippen LogP contribution in [0.2, 0.25) is 0 Å². The minimum absolute atomic E-state index is 0.214. The number of ether oxygens (including phenoxy) is 2. The summed E-state index contributed by atoms with van der Waals surface area (Å²) < 4.78 is 37.9. The molecule has 0 aliphatic carbocycles. The lowest BCUT2D eigenvalue weighted by molar-refractivity contribution is -0.115. The van der Waals surface area contributed by atoms with Gasteiger partial charge in [-0.15, -0.1) is 0 Å². The molecule has 0 bridgehead atoms. The molecule has 5 nitrogen and oxygen atoms in total. The van der Waals surface area contributed by atoms with Crippen molar-refractivity contribution in [2.24, 2.45) is 0 Å². The summed E-state index contributed by atoms with van der Waals surface area (Å²) in [5.41, 5.74) is 0.852. The number of methoxy groups -OCH3 is 2. The van der Waals surface area contributed by atoms with E-state index in [2.05, 4.69) is 20.7 Å². The Kier molecular flexibility index (Phi) is 5.94. The van der Waals surface area contributed by atoms with Gasteiger partial charge in [0.05, 0.1) is 10.9 Å². The Morgan fingerprint density at radius 1 is 1.26 bits per heavy atom. The lowest BCUT2D eigenvalue weighted by Gasteiger charge is -2.22. The Hall–Kier alpha value is -0.470. The molecular formula is C12H18BrNO4S. The topological polar surface area (TPSA) is 64.6 Å². The van der Waals surface area contributed by atoms with Crippen molar-refractivity contribution in [2.45, 2.75) is 31.1 Å². The molecular weight excluding hydrogens is 334 g/mol. The number of aryl methyl sites for hydroxylation is 1. The van der Waals surface area contributed by atoms with Crippen LogP contribution in [-0.2, 0) is 19.5 Å². The minimum atomic E-state index is -3.59. The smallest absolute Gasteiger partial charge is 0.240 e. The Balaban J connectivity index is 2.95. The minimum Gasteiger partial charge on any atom is -0.354 e. The second-order valence-electron chi connectivity index (χ2n) is 4.16. The van der Waals surface area contributed by atoms with Gasteiger partial charge in [-0.1, -0.05) is 15.9 Å². The van der Waals surface area contributed by atoms with Gasteiger partial charge in [0.2, 0.25) is 10.0 Å². The number of halogens is 1. The van der Waals surface area contributed by atoms with E-state index in [0.717, 1.165) is 10.0 Å². The van der Waals surface area contributed by atoms with Crippen LogP contribution in [0.15, 0.2) is 27.6 Å². The number of benzene rings is 1. The standard InChI is InChI=1S/C12H18BrNO4S/c1-8-7-10(5-6-11(8)13)19(15,16)14-9(2)12(17-3)18-4/h5-7,9,12,14H,1-4H3. The SMILES string of the molecule is COC(OC)C(C)NS(=O)(=O)c1ccc(Br)c(C)c1. The fraction of sp³-hybridized carbons (Fsp3) is 0.500. The molecule has 0 fully saturated rings. The van der Waals surface area contributed by atoms with E-state index in [1.165, 1.54) is 14.2 Å². The maximum atomic E-state index is 12.2. The van der Waals surface area contributed by atoms with Crippen molar-refractivity contribution in [3.05, 3.63) is 28.2 Å². The first kappa shape index (κ1) is 16.6. The maximum absolute atomic E-state index is 12.2. The largest absolute Gasteiger partial charge is 0.354 e. The summed E-state index contributed by atoms with van der Waals surface area (Å²) in [5, 5.41) is 0. The third-order valence-corrected chi connectivity index (χ3v) is 5.10. The number of hydrogen-bond donors (Lipinski definition) is 1. The molecule has 108 valence electrons. The molecule has 1 aromatic carbocycles. The molecule has 0 saturated carbocycles. The number of sulfonamides is 1. The van der Waals surface area contributed by atoms with Gasteiger partial charge in [0, 0.05) is 18.7 Å². The van der Waals surface area contributed by atoms with Crippen LogP contribution in [0.4, 0.5) is 0 Å². The van der Waals surface area contributed by atoms with Gasteiger partial charge in [0.15, 0.2) is 6.29 Å². The molecule has 7 heteroatoms. The average molecular weight is 352 g/mol. The van der Waals surface area contributed by atoms with Crippen molar-refractivity contribution >= 4 is 26.0 Å². The summed E-state index contributed by atoms with van der Waals surface area (Å²) in [6.45, 7) is 3.51. The quantitative estimate of drug-likeness (QED) is 0.796. The van der Waals surface area contributed by atoms with E-state index in [0.29, 0.717) is 0 Å². The normalized spacial score (nSPS) is 13.8. The summed E-state index contributed by atoms with van der Waals surface area (Å²) in [7, 11) is -0.673. The third-order valence-electron chi connectivity index (χ3n) is 2.65. The van der Waals surface area contributed by atoms with Crippen LogP contribution in [-0.4, -0.2) is 35.0 Å². The highest BCUT2D eigenvalue weighted by Crippen LogP contribution is 2.20. The average Bonchev–Trinajstić information content (AvgIpc) is 2.33. The van der Waals surface area contributed by atoms with E-state index in [4.69, 9.17) is 9.47 Å². The van der Waals surface area contributed by atoms with Gasteiger partial charge < -0.3 is 9.47 Å². The summed E-state index contributed by atoms with van der Waals surface area (Å²) in [6, 6.07) is 4.36. The van der Waals surface area contributed by atoms with Gasteiger partial charge in [-0.25, -0.2) is 13.1 Å². The van der Waals surface area contributed by atoms with Crippen molar-refractivity contribution in [2.75, 3.05) is 14.2 Å². The van der Waals surface area contributed by atoms with Crippen LogP contribution in [0.3, 0.4) is 0 Å². The molecule has 1 atom stereocenters. The molecule has 1 aromatic rings. The second-order valence-corrected chi connectivity index (χ2v) is 6.73. The second kappa shape index (κ2) is 6.81. The summed E-state index contributed by atoms with van der Waals surface area (Å²) in [6.07, 6.45) is -0.633. The van der Waals surface area contributed by atoms with Crippen LogP contribution in [0.25, 0.3) is 0 Å². The zero-order valence-corrected chi connectivity index (χ0v) is 13.7. The predicted octanol–water partition coefficient (Wildman–Crippen LogP) is 2.04. The van der Waals surface area contributed by atoms with Crippen LogP contribution >= 0.6 is 15.9 Å². The van der Waals surface area contributed by atoms with Gasteiger partial charge in [-0.2, -0.15) is 0 Å². The van der Waals surface area contributed by atoms with E-state index < -0.39 is 22.4 Å². The van der Waals surface area contributed by atoms with E-state index >= 15 is 0 Å². The number of rotatable bonds is 6. The Morgan fingerprint density at radius 3 is 2.32 bits per heavy atom. The third kappa shape index (κ3) is 4.25. The number of nitrogens with one attached hydrogen (secondary N) is 1. The molecule has 0 aromatic heterocycles. The Morgan fingerprint density at radius 2 is 1.84 bits per heavy atom. The molecule has 0 spiro atoms. The van der Waals surface area contributed by atoms with Crippen LogP contribution < -0.4 is 4.72 Å². The van der Waals surface area contributed by atoms with Crippen molar-refractivity contribution in [1.29, 1.82) is 0 Å². The van der Waals surface area contributed by atoms with E-state index in [1.54, 1.807) is 25.1 Å². The van der Waals surface area contributed by atoms with E-state index in [9.17, 15) is 8.42 Å². The molecule has 0 saturated heterocycles. The highest BCUT2D eigenvalue weighted by atomic mass is 79.9. The van der Waals surface area contributed by atoms with Gasteiger partial charge in [0.25, 0.3) is 0 Å². The Bertz CT molecular complexity index is 529. The maximum Gasteiger partial charge on any atom is 0.240 e. The van der Waals surface area contributed by atoms with Crippen LogP contribution in [0.5, 0.6) is 0 Å². The van der Waals surface area contributed by atoms with Gasteiger partial charge >= 0.3 is 0 Å². The molecule has 0 aliphatic heterocycles. The number of hydrogen-bond acceptors (Lipinski definition) is 4. The summed E-state index contributed by atoms with van der Waals surface area (Å²) in [5.74, 6) is 0. The van der Waals surface area contributed by atoms with Gasteiger partial charge in [0.1, 0.15) is 0 Å². The van der Waals surface area contributed by atoms with Crippen molar-refractivity contribution in [3.63, 3.8) is 0 Å². The first-order chi connectivity index (χ1) is 8.81. The first-order valence-electron chi connectivity index (χ1n) is 5.66. The zero-order valence-electron chi connectivity index (χ0n) is 11.3. The monoisotopic (exact) mass is 351 g/mol. The van der Waals surface area contributed by atoms with Gasteiger partial charge in [-0.05, 0) is 37.6 Å². The highest BCUT2D eigenvalue weighted by molar-refractivity contribution is 9.10. The highest BCUT2D eigenvalue weighted by Gasteiger charge is 2.23. The van der Waals surface area contributed by atoms with Crippen molar-refractivity contribution in [1.82, 2.24) is 4.72 Å². The Labute approximate surface area is 122 Å². The fourth-order valence-electron chi connectivity index (χ4n) is 1.66. The molecule has 0 amide bonds. The summed E-state index contributed by atoms with van der Waals surface area (Å²) >= 11 is 3.34. The molecule has 0 heterocycles. The van der Waals surface area contributed by atoms with E-state index in [1.807, 2.05) is 6.92 Å². The van der Waals surface area contributed by atoms with E-state index in [-0.39, 0.29) is 4.90 Å². The molecule has 1 rings (SSSR count). The zero-order chi connectivity index (χ0) is 14.6. The van der Waals surface area contributed by atoms with Crippen LogP contribution in [0.1, 0.15) is 12.5 Å². The van der Waals surface area contributed by atoms with Crippen LogP contribution in [0, 0.1) is 6.92 Å².